The number of carbonyl (C=O) groups excluding carboxylic acids is 2. The van der Waals surface area contributed by atoms with Gasteiger partial charge in [0.05, 0.1) is 6.04 Å². The van der Waals surface area contributed by atoms with Gasteiger partial charge in [-0.1, -0.05) is 6.07 Å². The maximum atomic E-state index is 12.4. The quantitative estimate of drug-likeness (QED) is 0.813. The molecule has 1 aromatic carbocycles. The zero-order chi connectivity index (χ0) is 16.1. The Morgan fingerprint density at radius 3 is 2.64 bits per heavy atom. The number of benzene rings is 1. The normalized spacial score (nSPS) is 17.9. The molecule has 0 bridgehead atoms. The molecule has 0 spiro atoms. The number of hydrogen-bond donors (Lipinski definition) is 2. The molecule has 1 aliphatic rings. The van der Waals surface area contributed by atoms with Crippen molar-refractivity contribution in [3.63, 3.8) is 0 Å². The lowest BCUT2D eigenvalue weighted by Gasteiger charge is -2.34. The fraction of sp³-hybridized carbons (Fsp3) is 0.500. The highest BCUT2D eigenvalue weighted by Crippen LogP contribution is 2.21. The van der Waals surface area contributed by atoms with E-state index in [9.17, 15) is 9.59 Å². The summed E-state index contributed by atoms with van der Waals surface area (Å²) < 4.78 is 0. The van der Waals surface area contributed by atoms with Gasteiger partial charge in [-0.25, -0.2) is 0 Å². The van der Waals surface area contributed by atoms with E-state index >= 15 is 0 Å². The van der Waals surface area contributed by atoms with E-state index < -0.39 is 0 Å². The number of likely N-dealkylation sites (tertiary alicyclic amines) is 1. The maximum absolute atomic E-state index is 12.4. The number of rotatable bonds is 5. The van der Waals surface area contributed by atoms with Crippen LogP contribution in [0.15, 0.2) is 29.2 Å². The average Bonchev–Trinajstić information content (AvgIpc) is 2.54. The SMILES string of the molecule is CSc1cccc(NC(=O)C(C)N2CCC(C(N)=O)CC2)c1. The van der Waals surface area contributed by atoms with Gasteiger partial charge in [0, 0.05) is 16.5 Å². The topological polar surface area (TPSA) is 75.4 Å². The third kappa shape index (κ3) is 4.24. The molecule has 1 atom stereocenters. The number of carbonyl (C=O) groups is 2. The highest BCUT2D eigenvalue weighted by molar-refractivity contribution is 7.98. The molecule has 1 aliphatic heterocycles. The third-order valence-corrected chi connectivity index (χ3v) is 4.92. The van der Waals surface area contributed by atoms with E-state index in [2.05, 4.69) is 10.2 Å². The molecule has 2 amide bonds. The van der Waals surface area contributed by atoms with Crippen LogP contribution >= 0.6 is 11.8 Å². The predicted molar refractivity (Wildman–Crippen MR) is 89.8 cm³/mol. The van der Waals surface area contributed by atoms with Crippen LogP contribution in [0.2, 0.25) is 0 Å². The van der Waals surface area contributed by atoms with Gasteiger partial charge in [-0.3, -0.25) is 14.5 Å². The van der Waals surface area contributed by atoms with Crippen molar-refractivity contribution in [1.82, 2.24) is 4.90 Å². The van der Waals surface area contributed by atoms with Crippen molar-refractivity contribution in [1.29, 1.82) is 0 Å². The van der Waals surface area contributed by atoms with Crippen molar-refractivity contribution in [2.75, 3.05) is 24.7 Å². The second-order valence-electron chi connectivity index (χ2n) is 5.61. The van der Waals surface area contributed by atoms with E-state index in [-0.39, 0.29) is 23.8 Å². The summed E-state index contributed by atoms with van der Waals surface area (Å²) in [4.78, 5) is 26.8. The number of thioether (sulfide) groups is 1. The molecule has 1 saturated heterocycles. The molecule has 2 rings (SSSR count). The lowest BCUT2D eigenvalue weighted by atomic mass is 9.95. The second-order valence-corrected chi connectivity index (χ2v) is 6.49. The Labute approximate surface area is 135 Å². The van der Waals surface area contributed by atoms with Crippen molar-refractivity contribution in [2.45, 2.75) is 30.7 Å². The molecular formula is C16H23N3O2S. The number of nitrogens with two attached hydrogens (primary N) is 1. The Hall–Kier alpha value is -1.53. The van der Waals surface area contributed by atoms with Crippen LogP contribution in [0, 0.1) is 5.92 Å². The molecule has 0 aromatic heterocycles. The maximum Gasteiger partial charge on any atom is 0.241 e. The van der Waals surface area contributed by atoms with Crippen LogP contribution in [0.4, 0.5) is 5.69 Å². The number of nitrogens with zero attached hydrogens (tertiary/aromatic N) is 1. The number of amides is 2. The molecule has 3 N–H and O–H groups in total. The lowest BCUT2D eigenvalue weighted by Crippen LogP contribution is -2.47. The van der Waals surface area contributed by atoms with Crippen LogP contribution in [0.25, 0.3) is 0 Å². The third-order valence-electron chi connectivity index (χ3n) is 4.20. The monoisotopic (exact) mass is 321 g/mol. The first-order valence-corrected chi connectivity index (χ1v) is 8.72. The number of hydrogen-bond acceptors (Lipinski definition) is 4. The summed E-state index contributed by atoms with van der Waals surface area (Å²) >= 11 is 1.64. The average molecular weight is 321 g/mol. The fourth-order valence-electron chi connectivity index (χ4n) is 2.68. The van der Waals surface area contributed by atoms with Gasteiger partial charge in [-0.15, -0.1) is 11.8 Å². The highest BCUT2D eigenvalue weighted by Gasteiger charge is 2.28. The first-order chi connectivity index (χ1) is 10.5. The molecule has 0 saturated carbocycles. The predicted octanol–water partition coefficient (Wildman–Crippen LogP) is 1.93. The van der Waals surface area contributed by atoms with Crippen LogP contribution in [-0.2, 0) is 9.59 Å². The molecule has 5 nitrogen and oxygen atoms in total. The first kappa shape index (κ1) is 16.8. The first-order valence-electron chi connectivity index (χ1n) is 7.49. The van der Waals surface area contributed by atoms with Gasteiger partial charge in [0.15, 0.2) is 0 Å². The van der Waals surface area contributed by atoms with E-state index in [1.807, 2.05) is 37.4 Å². The Kier molecular flexibility index (Phi) is 5.85. The van der Waals surface area contributed by atoms with Crippen molar-refractivity contribution in [2.24, 2.45) is 11.7 Å². The van der Waals surface area contributed by atoms with Gasteiger partial charge in [0.1, 0.15) is 0 Å². The van der Waals surface area contributed by atoms with Gasteiger partial charge in [0.25, 0.3) is 0 Å². The van der Waals surface area contributed by atoms with E-state index in [1.165, 1.54) is 0 Å². The molecule has 1 fully saturated rings. The van der Waals surface area contributed by atoms with Crippen molar-refractivity contribution >= 4 is 29.3 Å². The molecule has 1 heterocycles. The Balaban J connectivity index is 1.91. The van der Waals surface area contributed by atoms with Gasteiger partial charge >= 0.3 is 0 Å². The second kappa shape index (κ2) is 7.65. The molecule has 1 unspecified atom stereocenters. The standard InChI is InChI=1S/C16H23N3O2S/c1-11(19-8-6-12(7-9-19)15(17)20)16(21)18-13-4-3-5-14(10-13)22-2/h3-5,10-12H,6-9H2,1-2H3,(H2,17,20)(H,18,21). The molecule has 6 heteroatoms. The highest BCUT2D eigenvalue weighted by atomic mass is 32.2. The van der Waals surface area contributed by atoms with Gasteiger partial charge < -0.3 is 11.1 Å². The van der Waals surface area contributed by atoms with Crippen LogP contribution in [0.5, 0.6) is 0 Å². The number of anilines is 1. The van der Waals surface area contributed by atoms with Crippen molar-refractivity contribution < 1.29 is 9.59 Å². The van der Waals surface area contributed by atoms with Crippen LogP contribution in [-0.4, -0.2) is 42.1 Å². The smallest absolute Gasteiger partial charge is 0.241 e. The largest absolute Gasteiger partial charge is 0.369 e. The van der Waals surface area contributed by atoms with E-state index in [1.54, 1.807) is 11.8 Å². The van der Waals surface area contributed by atoms with E-state index in [4.69, 9.17) is 5.73 Å². The minimum Gasteiger partial charge on any atom is -0.369 e. The fourth-order valence-corrected chi connectivity index (χ4v) is 3.14. The minimum absolute atomic E-state index is 0.0178. The zero-order valence-electron chi connectivity index (χ0n) is 13.0. The van der Waals surface area contributed by atoms with Gasteiger partial charge in [-0.2, -0.15) is 0 Å². The van der Waals surface area contributed by atoms with E-state index in [0.717, 1.165) is 36.5 Å². The summed E-state index contributed by atoms with van der Waals surface area (Å²) in [7, 11) is 0. The Morgan fingerprint density at radius 2 is 2.05 bits per heavy atom. The summed E-state index contributed by atoms with van der Waals surface area (Å²) in [5.74, 6) is -0.300. The molecule has 0 radical (unpaired) electrons. The summed E-state index contributed by atoms with van der Waals surface area (Å²) in [6.45, 7) is 3.36. The van der Waals surface area contributed by atoms with Crippen LogP contribution in [0.1, 0.15) is 19.8 Å². The van der Waals surface area contributed by atoms with Crippen molar-refractivity contribution in [3.05, 3.63) is 24.3 Å². The minimum atomic E-state index is -0.231. The number of nitrogens with one attached hydrogen (secondary N) is 1. The Morgan fingerprint density at radius 1 is 1.36 bits per heavy atom. The van der Waals surface area contributed by atoms with Crippen LogP contribution < -0.4 is 11.1 Å². The molecule has 0 aliphatic carbocycles. The molecular weight excluding hydrogens is 298 g/mol. The van der Waals surface area contributed by atoms with Crippen LogP contribution in [0.3, 0.4) is 0 Å². The summed E-state index contributed by atoms with van der Waals surface area (Å²) in [6.07, 6.45) is 3.47. The number of primary amides is 1. The number of piperidine rings is 1. The van der Waals surface area contributed by atoms with E-state index in [0.29, 0.717) is 0 Å². The zero-order valence-corrected chi connectivity index (χ0v) is 13.9. The van der Waals surface area contributed by atoms with Gasteiger partial charge in [0.2, 0.25) is 11.8 Å². The summed E-state index contributed by atoms with van der Waals surface area (Å²) in [5.41, 5.74) is 6.15. The molecule has 120 valence electrons. The molecule has 22 heavy (non-hydrogen) atoms. The summed E-state index contributed by atoms with van der Waals surface area (Å²) in [6, 6.07) is 7.59. The Bertz CT molecular complexity index is 542. The molecule has 1 aromatic rings. The van der Waals surface area contributed by atoms with Crippen molar-refractivity contribution in [3.8, 4) is 0 Å². The lowest BCUT2D eigenvalue weighted by molar-refractivity contribution is -0.124. The van der Waals surface area contributed by atoms with Gasteiger partial charge in [-0.05, 0) is 57.3 Å². The summed E-state index contributed by atoms with van der Waals surface area (Å²) in [5, 5.41) is 2.96.